The van der Waals surface area contributed by atoms with Crippen molar-refractivity contribution in [1.82, 2.24) is 19.9 Å². The van der Waals surface area contributed by atoms with Crippen LogP contribution in [0, 0.1) is 5.92 Å². The minimum absolute atomic E-state index is 0.0175. The first-order chi connectivity index (χ1) is 9.44. The summed E-state index contributed by atoms with van der Waals surface area (Å²) in [5, 5.41) is 2.62. The standard InChI is InChI=1S/C10H10ClN5O3S/c11-7-6-8(13-4-12-6)15-10(14-7)16-9(17)5-1-2-20(18,19)3-5/h4-5H,1-3H2,(H2,12,13,14,15,16,17). The molecule has 1 saturated heterocycles. The number of aromatic nitrogens is 4. The predicted octanol–water partition coefficient (Wildman–Crippen LogP) is 0.379. The van der Waals surface area contributed by atoms with E-state index in [1.807, 2.05) is 0 Å². The lowest BCUT2D eigenvalue weighted by Gasteiger charge is -2.08. The Labute approximate surface area is 118 Å². The Morgan fingerprint density at radius 3 is 2.95 bits per heavy atom. The van der Waals surface area contributed by atoms with E-state index in [0.29, 0.717) is 17.6 Å². The summed E-state index contributed by atoms with van der Waals surface area (Å²) in [6.07, 6.45) is 1.73. The van der Waals surface area contributed by atoms with Crippen molar-refractivity contribution >= 4 is 44.5 Å². The lowest BCUT2D eigenvalue weighted by Crippen LogP contribution is -2.24. The molecule has 0 saturated carbocycles. The van der Waals surface area contributed by atoms with Crippen molar-refractivity contribution in [3.63, 3.8) is 0 Å². The molecule has 1 aliphatic rings. The minimum atomic E-state index is -3.11. The Morgan fingerprint density at radius 2 is 2.25 bits per heavy atom. The number of imidazole rings is 1. The molecule has 0 spiro atoms. The second-order valence-corrected chi connectivity index (χ2v) is 7.12. The maximum Gasteiger partial charge on any atom is 0.233 e. The normalized spacial score (nSPS) is 21.1. The lowest BCUT2D eigenvalue weighted by molar-refractivity contribution is -0.119. The molecule has 0 aromatic carbocycles. The van der Waals surface area contributed by atoms with E-state index in [-0.39, 0.29) is 22.6 Å². The quantitative estimate of drug-likeness (QED) is 0.773. The van der Waals surface area contributed by atoms with E-state index < -0.39 is 21.7 Å². The van der Waals surface area contributed by atoms with E-state index in [1.54, 1.807) is 0 Å². The van der Waals surface area contributed by atoms with E-state index in [4.69, 9.17) is 11.6 Å². The fraction of sp³-hybridized carbons (Fsp3) is 0.400. The zero-order valence-electron chi connectivity index (χ0n) is 10.1. The Hall–Kier alpha value is -1.74. The van der Waals surface area contributed by atoms with Crippen molar-refractivity contribution in [2.45, 2.75) is 6.42 Å². The number of amides is 1. The molecule has 0 radical (unpaired) electrons. The van der Waals surface area contributed by atoms with Crippen LogP contribution in [0.1, 0.15) is 6.42 Å². The van der Waals surface area contributed by atoms with Gasteiger partial charge in [0.2, 0.25) is 11.9 Å². The van der Waals surface area contributed by atoms with Crippen molar-refractivity contribution in [3.8, 4) is 0 Å². The summed E-state index contributed by atoms with van der Waals surface area (Å²) in [5.74, 6) is -1.08. The lowest BCUT2D eigenvalue weighted by atomic mass is 10.1. The maximum absolute atomic E-state index is 12.0. The van der Waals surface area contributed by atoms with Gasteiger partial charge in [0, 0.05) is 0 Å². The number of H-pyrrole nitrogens is 1. The highest BCUT2D eigenvalue weighted by Gasteiger charge is 2.33. The molecular weight excluding hydrogens is 306 g/mol. The van der Waals surface area contributed by atoms with Crippen LogP contribution in [-0.4, -0.2) is 45.8 Å². The molecule has 106 valence electrons. The monoisotopic (exact) mass is 315 g/mol. The summed E-state index contributed by atoms with van der Waals surface area (Å²) in [6.45, 7) is 0. The van der Waals surface area contributed by atoms with Gasteiger partial charge in [-0.25, -0.2) is 13.4 Å². The molecule has 0 aliphatic carbocycles. The Balaban J connectivity index is 1.81. The predicted molar refractivity (Wildman–Crippen MR) is 72.1 cm³/mol. The van der Waals surface area contributed by atoms with Gasteiger partial charge in [0.25, 0.3) is 0 Å². The third-order valence-electron chi connectivity index (χ3n) is 3.08. The Kier molecular flexibility index (Phi) is 3.09. The fourth-order valence-electron chi connectivity index (χ4n) is 2.07. The molecule has 2 N–H and O–H groups in total. The van der Waals surface area contributed by atoms with Crippen LogP contribution in [0.5, 0.6) is 0 Å². The molecule has 1 aliphatic heterocycles. The molecule has 1 amide bonds. The number of nitrogens with one attached hydrogen (secondary N) is 2. The molecule has 2 aromatic rings. The van der Waals surface area contributed by atoms with Crippen molar-refractivity contribution in [3.05, 3.63) is 11.5 Å². The number of carbonyl (C=O) groups excluding carboxylic acids is 1. The summed E-state index contributed by atoms with van der Waals surface area (Å²) >= 11 is 5.92. The second kappa shape index (κ2) is 4.67. The van der Waals surface area contributed by atoms with Crippen LogP contribution in [0.2, 0.25) is 5.15 Å². The van der Waals surface area contributed by atoms with Crippen LogP contribution in [0.25, 0.3) is 11.2 Å². The molecule has 3 heterocycles. The highest BCUT2D eigenvalue weighted by Crippen LogP contribution is 2.21. The first-order valence-electron chi connectivity index (χ1n) is 5.82. The van der Waals surface area contributed by atoms with Crippen LogP contribution >= 0.6 is 11.6 Å². The Morgan fingerprint density at radius 1 is 1.45 bits per heavy atom. The molecule has 1 fully saturated rings. The van der Waals surface area contributed by atoms with Crippen LogP contribution in [-0.2, 0) is 14.6 Å². The van der Waals surface area contributed by atoms with Gasteiger partial charge in [0.05, 0.1) is 23.8 Å². The van der Waals surface area contributed by atoms with Crippen molar-refractivity contribution < 1.29 is 13.2 Å². The highest BCUT2D eigenvalue weighted by molar-refractivity contribution is 7.91. The van der Waals surface area contributed by atoms with E-state index >= 15 is 0 Å². The summed E-state index contributed by atoms with van der Waals surface area (Å²) in [4.78, 5) is 26.6. The van der Waals surface area contributed by atoms with Crippen LogP contribution < -0.4 is 5.32 Å². The summed E-state index contributed by atoms with van der Waals surface area (Å²) in [5.41, 5.74) is 0.812. The largest absolute Gasteiger partial charge is 0.341 e. The average molecular weight is 316 g/mol. The summed E-state index contributed by atoms with van der Waals surface area (Å²) in [6, 6.07) is 0. The van der Waals surface area contributed by atoms with E-state index in [0.717, 1.165) is 0 Å². The van der Waals surface area contributed by atoms with Gasteiger partial charge >= 0.3 is 0 Å². The van der Waals surface area contributed by atoms with Crippen molar-refractivity contribution in [1.29, 1.82) is 0 Å². The van der Waals surface area contributed by atoms with Gasteiger partial charge in [-0.15, -0.1) is 0 Å². The molecule has 8 nitrogen and oxygen atoms in total. The van der Waals surface area contributed by atoms with Gasteiger partial charge in [-0.2, -0.15) is 9.97 Å². The van der Waals surface area contributed by atoms with Gasteiger partial charge in [-0.1, -0.05) is 11.6 Å². The highest BCUT2D eigenvalue weighted by atomic mass is 35.5. The number of halogens is 1. The molecule has 10 heteroatoms. The number of aromatic amines is 1. The number of hydrogen-bond acceptors (Lipinski definition) is 6. The van der Waals surface area contributed by atoms with Crippen LogP contribution in [0.3, 0.4) is 0 Å². The summed E-state index contributed by atoms with van der Waals surface area (Å²) in [7, 11) is -3.11. The summed E-state index contributed by atoms with van der Waals surface area (Å²) < 4.78 is 22.7. The van der Waals surface area contributed by atoms with Gasteiger partial charge in [0.15, 0.2) is 20.6 Å². The topological polar surface area (TPSA) is 118 Å². The van der Waals surface area contributed by atoms with Crippen LogP contribution in [0.15, 0.2) is 6.33 Å². The van der Waals surface area contributed by atoms with Gasteiger partial charge < -0.3 is 4.98 Å². The number of rotatable bonds is 2. The van der Waals surface area contributed by atoms with E-state index in [1.165, 1.54) is 6.33 Å². The first kappa shape index (κ1) is 13.3. The molecule has 20 heavy (non-hydrogen) atoms. The average Bonchev–Trinajstić information content (AvgIpc) is 2.95. The number of nitrogens with zero attached hydrogens (tertiary/aromatic N) is 3. The number of carbonyl (C=O) groups is 1. The van der Waals surface area contributed by atoms with E-state index in [2.05, 4.69) is 25.3 Å². The zero-order chi connectivity index (χ0) is 14.3. The van der Waals surface area contributed by atoms with Gasteiger partial charge in [-0.05, 0) is 6.42 Å². The molecule has 2 aromatic heterocycles. The molecule has 1 atom stereocenters. The third-order valence-corrected chi connectivity index (χ3v) is 5.12. The van der Waals surface area contributed by atoms with Crippen LogP contribution in [0.4, 0.5) is 5.95 Å². The maximum atomic E-state index is 12.0. The van der Waals surface area contributed by atoms with Crippen molar-refractivity contribution in [2.24, 2.45) is 5.92 Å². The number of sulfone groups is 1. The van der Waals surface area contributed by atoms with Gasteiger partial charge in [-0.3, -0.25) is 10.1 Å². The molecule has 1 unspecified atom stereocenters. The number of hydrogen-bond donors (Lipinski definition) is 2. The number of fused-ring (bicyclic) bond motifs is 1. The van der Waals surface area contributed by atoms with Crippen molar-refractivity contribution in [2.75, 3.05) is 16.8 Å². The zero-order valence-corrected chi connectivity index (χ0v) is 11.7. The smallest absolute Gasteiger partial charge is 0.233 e. The van der Waals surface area contributed by atoms with Gasteiger partial charge in [0.1, 0.15) is 5.52 Å². The third kappa shape index (κ3) is 2.46. The van der Waals surface area contributed by atoms with E-state index in [9.17, 15) is 13.2 Å². The number of anilines is 1. The SMILES string of the molecule is O=C(Nc1nc(Cl)c2[nH]cnc2n1)C1CCS(=O)(=O)C1. The molecular formula is C10H10ClN5O3S. The first-order valence-corrected chi connectivity index (χ1v) is 8.02. The fourth-order valence-corrected chi connectivity index (χ4v) is 4.03. The molecule has 3 rings (SSSR count). The Bertz CT molecular complexity index is 787. The minimum Gasteiger partial charge on any atom is -0.341 e. The second-order valence-electron chi connectivity index (χ2n) is 4.53. The molecule has 0 bridgehead atoms.